The zero-order chi connectivity index (χ0) is 12.5. The molecule has 2 rings (SSSR count). The summed E-state index contributed by atoms with van der Waals surface area (Å²) in [5, 5.41) is 10.4. The maximum atomic E-state index is 10.4. The van der Waals surface area contributed by atoms with Gasteiger partial charge in [0.15, 0.2) is 12.4 Å². The lowest BCUT2D eigenvalue weighted by atomic mass is 10.3. The average molecular weight is 226 g/mol. The van der Waals surface area contributed by atoms with Crippen LogP contribution >= 0.6 is 0 Å². The molecule has 0 unspecified atom stereocenters. The number of pyridine rings is 2. The van der Waals surface area contributed by atoms with Crippen LogP contribution in [-0.2, 0) is 0 Å². The summed E-state index contributed by atoms with van der Waals surface area (Å²) in [6.45, 7) is 7.15. The Morgan fingerprint density at radius 3 is 1.82 bits per heavy atom. The minimum atomic E-state index is 0.743. The number of hydrogen-bond acceptors (Lipinski definition) is 2. The van der Waals surface area contributed by atoms with E-state index in [0.717, 1.165) is 15.9 Å². The molecule has 0 radical (unpaired) electrons. The Bertz CT molecular complexity index is 463. The van der Waals surface area contributed by atoms with Crippen LogP contribution in [0.25, 0.3) is 12.2 Å². The minimum Gasteiger partial charge on any atom is -0.619 e. The first-order valence-corrected chi connectivity index (χ1v) is 5.10. The summed E-state index contributed by atoms with van der Waals surface area (Å²) < 4.78 is 0.743. The smallest absolute Gasteiger partial charge is 0.180 e. The molecule has 0 bridgehead atoms. The summed E-state index contributed by atoms with van der Waals surface area (Å²) in [5.41, 5.74) is 2.07. The van der Waals surface area contributed by atoms with E-state index in [-0.39, 0.29) is 0 Å². The molecule has 2 aromatic heterocycles. The molecule has 0 atom stereocenters. The van der Waals surface area contributed by atoms with Gasteiger partial charge in [0.2, 0.25) is 0 Å². The van der Waals surface area contributed by atoms with Gasteiger partial charge in [0.1, 0.15) is 0 Å². The van der Waals surface area contributed by atoms with E-state index in [2.05, 4.69) is 18.1 Å². The monoisotopic (exact) mass is 226 g/mol. The van der Waals surface area contributed by atoms with E-state index in [4.69, 9.17) is 0 Å². The molecule has 0 amide bonds. The van der Waals surface area contributed by atoms with Crippen molar-refractivity contribution in [2.45, 2.75) is 0 Å². The van der Waals surface area contributed by atoms with Crippen molar-refractivity contribution in [3.05, 3.63) is 78.5 Å². The highest BCUT2D eigenvalue weighted by atomic mass is 16.5. The van der Waals surface area contributed by atoms with Gasteiger partial charge < -0.3 is 5.21 Å². The Hall–Kier alpha value is -2.42. The molecule has 2 aromatic rings. The highest BCUT2D eigenvalue weighted by Gasteiger charge is 1.86. The molecule has 0 aromatic carbocycles. The van der Waals surface area contributed by atoms with E-state index in [9.17, 15) is 5.21 Å². The van der Waals surface area contributed by atoms with Crippen LogP contribution in [0.4, 0.5) is 0 Å². The van der Waals surface area contributed by atoms with Gasteiger partial charge in [0.05, 0.1) is 0 Å². The highest BCUT2D eigenvalue weighted by Crippen LogP contribution is 1.95. The van der Waals surface area contributed by atoms with Gasteiger partial charge in [-0.3, -0.25) is 4.98 Å². The van der Waals surface area contributed by atoms with Crippen molar-refractivity contribution < 1.29 is 4.73 Å². The lowest BCUT2D eigenvalue weighted by molar-refractivity contribution is -0.605. The number of nitrogens with zero attached hydrogens (tertiary/aromatic N) is 2. The second kappa shape index (κ2) is 6.95. The van der Waals surface area contributed by atoms with E-state index in [1.165, 1.54) is 12.4 Å². The van der Waals surface area contributed by atoms with E-state index in [0.29, 0.717) is 0 Å². The SMILES string of the molecule is C=Cc1cc[n+]([O-])cc1.C=Cc1ccncc1. The topological polar surface area (TPSA) is 39.8 Å². The Morgan fingerprint density at radius 1 is 0.941 bits per heavy atom. The largest absolute Gasteiger partial charge is 0.619 e. The molecule has 0 N–H and O–H groups in total. The fourth-order valence-corrected chi connectivity index (χ4v) is 1.06. The van der Waals surface area contributed by atoms with Gasteiger partial charge in [-0.2, -0.15) is 4.73 Å². The van der Waals surface area contributed by atoms with Crippen molar-refractivity contribution in [3.63, 3.8) is 0 Å². The maximum absolute atomic E-state index is 10.4. The van der Waals surface area contributed by atoms with Gasteiger partial charge in [-0.25, -0.2) is 0 Å². The summed E-state index contributed by atoms with van der Waals surface area (Å²) in [6.07, 6.45) is 9.86. The third-order valence-electron chi connectivity index (χ3n) is 2.01. The van der Waals surface area contributed by atoms with Gasteiger partial charge in [0, 0.05) is 24.5 Å². The molecule has 0 aliphatic rings. The predicted octanol–water partition coefficient (Wildman–Crippen LogP) is 2.69. The van der Waals surface area contributed by atoms with E-state index < -0.39 is 0 Å². The van der Waals surface area contributed by atoms with E-state index in [1.807, 2.05) is 12.1 Å². The summed E-state index contributed by atoms with van der Waals surface area (Å²) in [7, 11) is 0. The minimum absolute atomic E-state index is 0.743. The van der Waals surface area contributed by atoms with Crippen LogP contribution in [0.5, 0.6) is 0 Å². The molecular formula is C14H14N2O. The molecule has 0 aliphatic heterocycles. The molecule has 2 heterocycles. The van der Waals surface area contributed by atoms with Gasteiger partial charge in [-0.15, -0.1) is 0 Å². The van der Waals surface area contributed by atoms with Crippen molar-refractivity contribution in [2.75, 3.05) is 0 Å². The van der Waals surface area contributed by atoms with E-state index in [1.54, 1.807) is 36.7 Å². The van der Waals surface area contributed by atoms with Gasteiger partial charge in [-0.1, -0.05) is 25.3 Å². The summed E-state index contributed by atoms with van der Waals surface area (Å²) in [4.78, 5) is 3.85. The second-order valence-electron chi connectivity index (χ2n) is 3.18. The molecule has 3 heteroatoms. The van der Waals surface area contributed by atoms with Gasteiger partial charge in [-0.05, 0) is 23.3 Å². The van der Waals surface area contributed by atoms with Crippen molar-refractivity contribution >= 4 is 12.2 Å². The number of hydrogen-bond donors (Lipinski definition) is 0. The Kier molecular flexibility index (Phi) is 5.17. The summed E-state index contributed by atoms with van der Waals surface area (Å²) >= 11 is 0. The fraction of sp³-hybridized carbons (Fsp3) is 0. The average Bonchev–Trinajstić information content (AvgIpc) is 2.41. The lowest BCUT2D eigenvalue weighted by Gasteiger charge is -1.92. The fourth-order valence-electron chi connectivity index (χ4n) is 1.06. The van der Waals surface area contributed by atoms with Crippen LogP contribution in [0.2, 0.25) is 0 Å². The van der Waals surface area contributed by atoms with E-state index >= 15 is 0 Å². The maximum Gasteiger partial charge on any atom is 0.180 e. The molecule has 3 nitrogen and oxygen atoms in total. The van der Waals surface area contributed by atoms with Crippen molar-refractivity contribution in [1.82, 2.24) is 4.98 Å². The van der Waals surface area contributed by atoms with Crippen molar-refractivity contribution in [3.8, 4) is 0 Å². The summed E-state index contributed by atoms with van der Waals surface area (Å²) in [6, 6.07) is 7.24. The van der Waals surface area contributed by atoms with Gasteiger partial charge in [0.25, 0.3) is 0 Å². The molecule has 0 fully saturated rings. The van der Waals surface area contributed by atoms with Crippen molar-refractivity contribution in [2.24, 2.45) is 0 Å². The first kappa shape index (κ1) is 12.6. The molecule has 0 spiro atoms. The molecule has 0 saturated heterocycles. The predicted molar refractivity (Wildman–Crippen MR) is 69.8 cm³/mol. The summed E-state index contributed by atoms with van der Waals surface area (Å²) in [5.74, 6) is 0. The lowest BCUT2D eigenvalue weighted by Crippen LogP contribution is -2.23. The van der Waals surface area contributed by atoms with Crippen LogP contribution in [0.15, 0.2) is 62.2 Å². The first-order valence-electron chi connectivity index (χ1n) is 5.10. The van der Waals surface area contributed by atoms with Gasteiger partial charge >= 0.3 is 0 Å². The molecule has 86 valence electrons. The quantitative estimate of drug-likeness (QED) is 0.583. The molecule has 0 aliphatic carbocycles. The third-order valence-corrected chi connectivity index (χ3v) is 2.01. The first-order chi connectivity index (χ1) is 8.26. The number of rotatable bonds is 2. The zero-order valence-electron chi connectivity index (χ0n) is 9.49. The van der Waals surface area contributed by atoms with Crippen LogP contribution in [-0.4, -0.2) is 4.98 Å². The Morgan fingerprint density at radius 2 is 1.41 bits per heavy atom. The number of aromatic nitrogens is 2. The van der Waals surface area contributed by atoms with Crippen LogP contribution in [0.3, 0.4) is 0 Å². The highest BCUT2D eigenvalue weighted by molar-refractivity contribution is 5.45. The van der Waals surface area contributed by atoms with Crippen molar-refractivity contribution in [1.29, 1.82) is 0 Å². The zero-order valence-corrected chi connectivity index (χ0v) is 9.49. The molecule has 17 heavy (non-hydrogen) atoms. The van der Waals surface area contributed by atoms with Crippen LogP contribution < -0.4 is 4.73 Å². The molecular weight excluding hydrogens is 212 g/mol. The van der Waals surface area contributed by atoms with Crippen LogP contribution in [0, 0.1) is 5.21 Å². The normalized spacial score (nSPS) is 8.71. The second-order valence-corrected chi connectivity index (χ2v) is 3.18. The Balaban J connectivity index is 0.000000171. The Labute approximate surface area is 101 Å². The van der Waals surface area contributed by atoms with Crippen LogP contribution in [0.1, 0.15) is 11.1 Å². The third kappa shape index (κ3) is 4.75. The molecule has 0 saturated carbocycles. The standard InChI is InChI=1S/C7H7NO.C7H7N/c1-2-7-3-5-8(9)6-4-7;1-2-7-3-5-8-6-4-7/h2-6H,1H2;2-6H,1H2.